The van der Waals surface area contributed by atoms with Crippen molar-refractivity contribution in [1.29, 1.82) is 0 Å². The number of carboxylic acids is 1. The minimum absolute atomic E-state index is 0.731. The van der Waals surface area contributed by atoms with Gasteiger partial charge < -0.3 is 21.3 Å². The summed E-state index contributed by atoms with van der Waals surface area (Å²) in [6, 6.07) is 11.1. The van der Waals surface area contributed by atoms with Crippen molar-refractivity contribution in [2.45, 2.75) is 13.0 Å². The lowest BCUT2D eigenvalue weighted by Crippen LogP contribution is -2.25. The molecule has 1 atom stereocenters. The number of ether oxygens (including phenoxy) is 1. The fraction of sp³-hybridized carbons (Fsp3) is 0.214. The predicted molar refractivity (Wildman–Crippen MR) is 76.2 cm³/mol. The van der Waals surface area contributed by atoms with E-state index < -0.39 is 12.0 Å². The molecule has 0 aromatic heterocycles. The molecule has 0 saturated carbocycles. The van der Waals surface area contributed by atoms with E-state index in [2.05, 4.69) is 0 Å². The Bertz CT molecular complexity index is 568. The van der Waals surface area contributed by atoms with Crippen LogP contribution in [-0.4, -0.2) is 24.2 Å². The van der Waals surface area contributed by atoms with Gasteiger partial charge in [0.2, 0.25) is 0 Å². The molecular weight excluding hydrogens is 244 g/mol. The molecular formula is C14H18N2O3. The molecule has 102 valence electrons. The van der Waals surface area contributed by atoms with E-state index >= 15 is 0 Å². The molecule has 5 N–H and O–H groups in total. The molecule has 19 heavy (non-hydrogen) atoms. The maximum atomic E-state index is 9.57. The highest BCUT2D eigenvalue weighted by molar-refractivity contribution is 5.91. The Morgan fingerprint density at radius 3 is 2.42 bits per heavy atom. The summed E-state index contributed by atoms with van der Waals surface area (Å²) in [6.07, 6.45) is 0. The van der Waals surface area contributed by atoms with Gasteiger partial charge in [0, 0.05) is 17.1 Å². The highest BCUT2D eigenvalue weighted by atomic mass is 16.5. The average molecular weight is 262 g/mol. The van der Waals surface area contributed by atoms with Gasteiger partial charge in [-0.25, -0.2) is 0 Å². The minimum Gasteiger partial charge on any atom is -0.496 e. The first-order valence-electron chi connectivity index (χ1n) is 5.76. The van der Waals surface area contributed by atoms with Crippen molar-refractivity contribution < 1.29 is 14.6 Å². The maximum Gasteiger partial charge on any atom is 0.320 e. The van der Waals surface area contributed by atoms with Crippen molar-refractivity contribution in [1.82, 2.24) is 0 Å². The van der Waals surface area contributed by atoms with E-state index in [0.717, 1.165) is 22.2 Å². The number of carboxylic acid groups (broad SMARTS) is 1. The van der Waals surface area contributed by atoms with Gasteiger partial charge in [0.15, 0.2) is 0 Å². The van der Waals surface area contributed by atoms with Gasteiger partial charge in [-0.05, 0) is 18.4 Å². The second-order valence-corrected chi connectivity index (χ2v) is 4.07. The molecule has 2 aromatic rings. The van der Waals surface area contributed by atoms with Crippen LogP contribution in [0.1, 0.15) is 6.92 Å². The lowest BCUT2D eigenvalue weighted by molar-refractivity contribution is -0.138. The van der Waals surface area contributed by atoms with Crippen molar-refractivity contribution in [3.05, 3.63) is 36.4 Å². The molecule has 2 aromatic carbocycles. The van der Waals surface area contributed by atoms with E-state index in [9.17, 15) is 4.79 Å². The summed E-state index contributed by atoms with van der Waals surface area (Å²) in [4.78, 5) is 9.57. The quantitative estimate of drug-likeness (QED) is 0.717. The number of anilines is 1. The number of benzene rings is 2. The molecule has 0 bridgehead atoms. The molecule has 0 aliphatic carbocycles. The topological polar surface area (TPSA) is 98.6 Å². The van der Waals surface area contributed by atoms with Gasteiger partial charge >= 0.3 is 5.97 Å². The van der Waals surface area contributed by atoms with Crippen LogP contribution in [0.25, 0.3) is 10.8 Å². The van der Waals surface area contributed by atoms with Gasteiger partial charge in [-0.2, -0.15) is 0 Å². The zero-order valence-corrected chi connectivity index (χ0v) is 11.0. The fourth-order valence-electron chi connectivity index (χ4n) is 1.47. The van der Waals surface area contributed by atoms with Gasteiger partial charge in [0.1, 0.15) is 11.8 Å². The third kappa shape index (κ3) is 4.15. The summed E-state index contributed by atoms with van der Waals surface area (Å²) < 4.78 is 5.23. The zero-order chi connectivity index (χ0) is 14.4. The zero-order valence-electron chi connectivity index (χ0n) is 11.0. The van der Waals surface area contributed by atoms with Crippen LogP contribution in [0, 0.1) is 0 Å². The molecule has 0 aliphatic rings. The third-order valence-electron chi connectivity index (χ3n) is 2.46. The van der Waals surface area contributed by atoms with Crippen molar-refractivity contribution in [3.8, 4) is 5.75 Å². The van der Waals surface area contributed by atoms with Crippen LogP contribution in [0.4, 0.5) is 5.69 Å². The van der Waals surface area contributed by atoms with Crippen molar-refractivity contribution in [3.63, 3.8) is 0 Å². The van der Waals surface area contributed by atoms with Crippen LogP contribution in [-0.2, 0) is 4.79 Å². The van der Waals surface area contributed by atoms with Crippen LogP contribution in [0.5, 0.6) is 5.75 Å². The summed E-state index contributed by atoms with van der Waals surface area (Å²) in [5.41, 5.74) is 11.3. The molecule has 0 spiro atoms. The van der Waals surface area contributed by atoms with E-state index in [4.69, 9.17) is 21.3 Å². The Labute approximate surface area is 111 Å². The van der Waals surface area contributed by atoms with Gasteiger partial charge in [0.25, 0.3) is 0 Å². The van der Waals surface area contributed by atoms with Crippen LogP contribution in [0.2, 0.25) is 0 Å². The number of nitrogen functional groups attached to an aromatic ring is 1. The summed E-state index contributed by atoms with van der Waals surface area (Å²) in [5, 5.41) is 10.1. The lowest BCUT2D eigenvalue weighted by Gasteiger charge is -2.06. The molecule has 0 amide bonds. The summed E-state index contributed by atoms with van der Waals surface area (Å²) in [7, 11) is 1.65. The van der Waals surface area contributed by atoms with E-state index in [1.54, 1.807) is 7.11 Å². The Kier molecular flexibility index (Phi) is 5.14. The maximum absolute atomic E-state index is 9.57. The highest BCUT2D eigenvalue weighted by Crippen LogP contribution is 2.27. The van der Waals surface area contributed by atoms with Gasteiger partial charge in [-0.1, -0.05) is 24.3 Å². The molecule has 5 heteroatoms. The van der Waals surface area contributed by atoms with Gasteiger partial charge in [-0.15, -0.1) is 0 Å². The molecule has 1 unspecified atom stereocenters. The molecule has 2 rings (SSSR count). The van der Waals surface area contributed by atoms with Gasteiger partial charge in [0.05, 0.1) is 7.11 Å². The number of carbonyl (C=O) groups is 1. The summed E-state index contributed by atoms with van der Waals surface area (Å²) in [5.74, 6) is -0.134. The van der Waals surface area contributed by atoms with Crippen molar-refractivity contribution >= 4 is 22.4 Å². The Morgan fingerprint density at radius 2 is 1.89 bits per heavy atom. The molecule has 0 aliphatic heterocycles. The number of rotatable bonds is 2. The minimum atomic E-state index is -0.963. The number of hydrogen-bond donors (Lipinski definition) is 3. The van der Waals surface area contributed by atoms with Crippen LogP contribution in [0.3, 0.4) is 0 Å². The first kappa shape index (κ1) is 14.8. The second-order valence-electron chi connectivity index (χ2n) is 4.07. The van der Waals surface area contributed by atoms with Gasteiger partial charge in [-0.3, -0.25) is 4.79 Å². The predicted octanol–water partition coefficient (Wildman–Crippen LogP) is 1.85. The largest absolute Gasteiger partial charge is 0.496 e. The number of fused-ring (bicyclic) bond motifs is 1. The fourth-order valence-corrected chi connectivity index (χ4v) is 1.47. The Hall–Kier alpha value is -2.27. The number of aliphatic carboxylic acids is 1. The van der Waals surface area contributed by atoms with E-state index in [-0.39, 0.29) is 0 Å². The number of methoxy groups -OCH3 is 1. The molecule has 0 heterocycles. The smallest absolute Gasteiger partial charge is 0.320 e. The molecule has 5 nitrogen and oxygen atoms in total. The number of hydrogen-bond acceptors (Lipinski definition) is 4. The average Bonchev–Trinajstić information content (AvgIpc) is 2.38. The lowest BCUT2D eigenvalue weighted by atomic mass is 10.1. The third-order valence-corrected chi connectivity index (χ3v) is 2.46. The highest BCUT2D eigenvalue weighted by Gasteiger charge is 2.01. The second kappa shape index (κ2) is 6.61. The van der Waals surface area contributed by atoms with Crippen LogP contribution in [0.15, 0.2) is 36.4 Å². The summed E-state index contributed by atoms with van der Waals surface area (Å²) >= 11 is 0. The van der Waals surface area contributed by atoms with Crippen LogP contribution < -0.4 is 16.2 Å². The SMILES string of the molecule is CC(N)C(=O)O.COc1cc(N)cc2ccccc12. The normalized spacial score (nSPS) is 11.3. The standard InChI is InChI=1S/C11H11NO.C3H7NO2/c1-13-11-7-9(12)6-8-4-2-3-5-10(8)11;1-2(4)3(5)6/h2-7H,12H2,1H3;2H,4H2,1H3,(H,5,6). The first-order valence-corrected chi connectivity index (χ1v) is 5.76. The molecule has 0 fully saturated rings. The first-order chi connectivity index (χ1) is 8.95. The van der Waals surface area contributed by atoms with E-state index in [1.165, 1.54) is 6.92 Å². The number of nitrogens with two attached hydrogens (primary N) is 2. The van der Waals surface area contributed by atoms with E-state index in [1.807, 2.05) is 36.4 Å². The monoisotopic (exact) mass is 262 g/mol. The molecule has 0 saturated heterocycles. The van der Waals surface area contributed by atoms with Crippen LogP contribution >= 0.6 is 0 Å². The summed E-state index contributed by atoms with van der Waals surface area (Å²) in [6.45, 7) is 1.42. The Morgan fingerprint density at radius 1 is 1.32 bits per heavy atom. The Balaban J connectivity index is 0.000000258. The van der Waals surface area contributed by atoms with Crippen molar-refractivity contribution in [2.24, 2.45) is 5.73 Å². The molecule has 0 radical (unpaired) electrons. The van der Waals surface area contributed by atoms with Crippen molar-refractivity contribution in [2.75, 3.05) is 12.8 Å². The van der Waals surface area contributed by atoms with E-state index in [0.29, 0.717) is 0 Å².